The normalized spacial score (nSPS) is 30.8. The van der Waals surface area contributed by atoms with Crippen molar-refractivity contribution < 1.29 is 10.2 Å². The molecule has 88 valence electrons. The molecule has 0 amide bonds. The molecule has 2 N–H and O–H groups in total. The van der Waals surface area contributed by atoms with Gasteiger partial charge in [0.15, 0.2) is 0 Å². The van der Waals surface area contributed by atoms with Crippen LogP contribution in [-0.4, -0.2) is 39.9 Å². The van der Waals surface area contributed by atoms with E-state index in [0.717, 1.165) is 6.54 Å². The molecule has 2 atom stereocenters. The summed E-state index contributed by atoms with van der Waals surface area (Å²) in [6.45, 7) is 3.53. The van der Waals surface area contributed by atoms with E-state index in [-0.39, 0.29) is 18.2 Å². The molecule has 0 bridgehead atoms. The number of aliphatic hydroxyl groups is 2. The summed E-state index contributed by atoms with van der Waals surface area (Å²) in [5.74, 6) is 0. The van der Waals surface area contributed by atoms with E-state index in [1.165, 1.54) is 5.56 Å². The number of hydrogen-bond acceptors (Lipinski definition) is 3. The zero-order chi connectivity index (χ0) is 11.6. The van der Waals surface area contributed by atoms with Gasteiger partial charge in [0.25, 0.3) is 0 Å². The van der Waals surface area contributed by atoms with Crippen LogP contribution in [0, 0.1) is 0 Å². The lowest BCUT2D eigenvalue weighted by Gasteiger charge is -2.33. The lowest BCUT2D eigenvalue weighted by Crippen LogP contribution is -2.43. The maximum absolute atomic E-state index is 9.69. The molecule has 0 spiro atoms. The molecule has 2 rings (SSSR count). The van der Waals surface area contributed by atoms with Crippen LogP contribution >= 0.6 is 0 Å². The van der Waals surface area contributed by atoms with Crippen molar-refractivity contribution in [2.75, 3.05) is 13.2 Å². The molecule has 1 fully saturated rings. The Morgan fingerprint density at radius 2 is 2.06 bits per heavy atom. The van der Waals surface area contributed by atoms with Crippen molar-refractivity contribution in [3.63, 3.8) is 0 Å². The van der Waals surface area contributed by atoms with Crippen LogP contribution < -0.4 is 0 Å². The highest BCUT2D eigenvalue weighted by molar-refractivity contribution is 5.15. The minimum Gasteiger partial charge on any atom is -0.394 e. The molecule has 1 heterocycles. The summed E-state index contributed by atoms with van der Waals surface area (Å²) in [4.78, 5) is 2.16. The average Bonchev–Trinajstić information content (AvgIpc) is 2.56. The van der Waals surface area contributed by atoms with Crippen LogP contribution in [0.5, 0.6) is 0 Å². The highest BCUT2D eigenvalue weighted by atomic mass is 16.3. The Morgan fingerprint density at radius 3 is 2.69 bits per heavy atom. The quantitative estimate of drug-likeness (QED) is 0.800. The van der Waals surface area contributed by atoms with Gasteiger partial charge in [0.2, 0.25) is 0 Å². The molecule has 0 aromatic heterocycles. The summed E-state index contributed by atoms with van der Waals surface area (Å²) in [6.07, 6.45) is 0.330. The van der Waals surface area contributed by atoms with Crippen molar-refractivity contribution in [3.8, 4) is 0 Å². The standard InChI is InChI=1S/C13H19NO2/c1-13(10-15)7-12(16)9-14(13)8-11-5-3-2-4-6-11/h2-6,12,15-16H,7-10H2,1H3/t12-,13+/m1/s1. The summed E-state index contributed by atoms with van der Waals surface area (Å²) in [7, 11) is 0. The first-order valence-corrected chi connectivity index (χ1v) is 5.72. The Kier molecular flexibility index (Phi) is 3.28. The van der Waals surface area contributed by atoms with Gasteiger partial charge in [-0.25, -0.2) is 0 Å². The second-order valence-electron chi connectivity index (χ2n) is 4.88. The number of β-amino-alcohol motifs (C(OH)–C–C–N with tert-alkyl or cyclic N) is 1. The Balaban J connectivity index is 2.09. The summed E-state index contributed by atoms with van der Waals surface area (Å²) >= 11 is 0. The number of rotatable bonds is 3. The van der Waals surface area contributed by atoms with E-state index in [0.29, 0.717) is 13.0 Å². The molecular weight excluding hydrogens is 202 g/mol. The fourth-order valence-corrected chi connectivity index (χ4v) is 2.40. The molecule has 1 aromatic carbocycles. The number of benzene rings is 1. The van der Waals surface area contributed by atoms with E-state index in [1.54, 1.807) is 0 Å². The minimum atomic E-state index is -0.319. The number of likely N-dealkylation sites (tertiary alicyclic amines) is 1. The molecule has 1 aliphatic rings. The van der Waals surface area contributed by atoms with Crippen LogP contribution in [0.15, 0.2) is 30.3 Å². The van der Waals surface area contributed by atoms with Crippen molar-refractivity contribution in [2.24, 2.45) is 0 Å². The Bertz CT molecular complexity index is 341. The van der Waals surface area contributed by atoms with Crippen molar-refractivity contribution in [3.05, 3.63) is 35.9 Å². The van der Waals surface area contributed by atoms with E-state index in [1.807, 2.05) is 25.1 Å². The number of hydrogen-bond donors (Lipinski definition) is 2. The molecule has 0 unspecified atom stereocenters. The van der Waals surface area contributed by atoms with Crippen LogP contribution in [0.25, 0.3) is 0 Å². The lowest BCUT2D eigenvalue weighted by molar-refractivity contribution is 0.0734. The smallest absolute Gasteiger partial charge is 0.0685 e. The van der Waals surface area contributed by atoms with E-state index >= 15 is 0 Å². The van der Waals surface area contributed by atoms with Crippen LogP contribution in [0.1, 0.15) is 18.9 Å². The van der Waals surface area contributed by atoms with E-state index < -0.39 is 0 Å². The second kappa shape index (κ2) is 4.53. The van der Waals surface area contributed by atoms with Gasteiger partial charge in [-0.2, -0.15) is 0 Å². The third-order valence-electron chi connectivity index (χ3n) is 3.43. The third-order valence-corrected chi connectivity index (χ3v) is 3.43. The highest BCUT2D eigenvalue weighted by Gasteiger charge is 2.40. The molecule has 3 heteroatoms. The van der Waals surface area contributed by atoms with Crippen molar-refractivity contribution in [2.45, 2.75) is 31.5 Å². The van der Waals surface area contributed by atoms with Crippen LogP contribution in [0.4, 0.5) is 0 Å². The zero-order valence-corrected chi connectivity index (χ0v) is 9.63. The summed E-state index contributed by atoms with van der Waals surface area (Å²) in [5, 5.41) is 19.1. The molecule has 0 radical (unpaired) electrons. The predicted molar refractivity (Wildman–Crippen MR) is 63.0 cm³/mol. The topological polar surface area (TPSA) is 43.7 Å². The van der Waals surface area contributed by atoms with Crippen LogP contribution in [-0.2, 0) is 6.54 Å². The predicted octanol–water partition coefficient (Wildman–Crippen LogP) is 1.00. The van der Waals surface area contributed by atoms with Gasteiger partial charge in [-0.05, 0) is 18.9 Å². The van der Waals surface area contributed by atoms with E-state index in [9.17, 15) is 10.2 Å². The first kappa shape index (κ1) is 11.6. The Morgan fingerprint density at radius 1 is 1.38 bits per heavy atom. The molecule has 3 nitrogen and oxygen atoms in total. The molecule has 1 aliphatic heterocycles. The van der Waals surface area contributed by atoms with E-state index in [4.69, 9.17) is 0 Å². The maximum Gasteiger partial charge on any atom is 0.0685 e. The largest absolute Gasteiger partial charge is 0.394 e. The SMILES string of the molecule is C[C@@]1(CO)C[C@@H](O)CN1Cc1ccccc1. The summed E-state index contributed by atoms with van der Waals surface area (Å²) in [5.41, 5.74) is 0.936. The van der Waals surface area contributed by atoms with Gasteiger partial charge < -0.3 is 10.2 Å². The molecule has 16 heavy (non-hydrogen) atoms. The molecule has 0 aliphatic carbocycles. The van der Waals surface area contributed by atoms with Gasteiger partial charge in [-0.3, -0.25) is 4.90 Å². The number of nitrogens with zero attached hydrogens (tertiary/aromatic N) is 1. The Labute approximate surface area is 96.3 Å². The highest BCUT2D eigenvalue weighted by Crippen LogP contribution is 2.30. The van der Waals surface area contributed by atoms with Crippen LogP contribution in [0.3, 0.4) is 0 Å². The van der Waals surface area contributed by atoms with Gasteiger partial charge in [0.1, 0.15) is 0 Å². The van der Waals surface area contributed by atoms with Crippen molar-refractivity contribution in [1.29, 1.82) is 0 Å². The van der Waals surface area contributed by atoms with Gasteiger partial charge in [0.05, 0.1) is 12.7 Å². The van der Waals surface area contributed by atoms with E-state index in [2.05, 4.69) is 17.0 Å². The number of aliphatic hydroxyl groups excluding tert-OH is 2. The summed E-state index contributed by atoms with van der Waals surface area (Å²) < 4.78 is 0. The van der Waals surface area contributed by atoms with Crippen LogP contribution in [0.2, 0.25) is 0 Å². The monoisotopic (exact) mass is 221 g/mol. The first-order chi connectivity index (χ1) is 7.64. The zero-order valence-electron chi connectivity index (χ0n) is 9.63. The van der Waals surface area contributed by atoms with Gasteiger partial charge >= 0.3 is 0 Å². The van der Waals surface area contributed by atoms with Crippen molar-refractivity contribution in [1.82, 2.24) is 4.90 Å². The molecule has 1 saturated heterocycles. The molecule has 1 aromatic rings. The third kappa shape index (κ3) is 2.26. The van der Waals surface area contributed by atoms with Gasteiger partial charge in [-0.15, -0.1) is 0 Å². The lowest BCUT2D eigenvalue weighted by atomic mass is 9.99. The van der Waals surface area contributed by atoms with Gasteiger partial charge in [0, 0.05) is 18.6 Å². The van der Waals surface area contributed by atoms with Gasteiger partial charge in [-0.1, -0.05) is 30.3 Å². The Hall–Kier alpha value is -0.900. The fourth-order valence-electron chi connectivity index (χ4n) is 2.40. The van der Waals surface area contributed by atoms with Crippen molar-refractivity contribution >= 4 is 0 Å². The summed E-state index contributed by atoms with van der Waals surface area (Å²) in [6, 6.07) is 10.2. The fraction of sp³-hybridized carbons (Fsp3) is 0.538. The first-order valence-electron chi connectivity index (χ1n) is 5.72. The minimum absolute atomic E-state index is 0.0941. The molecule has 0 saturated carbocycles. The second-order valence-corrected chi connectivity index (χ2v) is 4.88. The average molecular weight is 221 g/mol. The molecular formula is C13H19NO2. The maximum atomic E-state index is 9.69.